The number of aromatic nitrogens is 1. The number of nitrogens with zero attached hydrogens (tertiary/aromatic N) is 3. The summed E-state index contributed by atoms with van der Waals surface area (Å²) in [6.45, 7) is 3.28. The van der Waals surface area contributed by atoms with Crippen LogP contribution in [-0.4, -0.2) is 60.0 Å². The fraction of sp³-hybridized carbons (Fsp3) is 0.458. The zero-order valence-electron chi connectivity index (χ0n) is 18.5. The molecule has 0 spiro atoms. The number of methoxy groups -OCH3 is 1. The van der Waals surface area contributed by atoms with Gasteiger partial charge in [0.1, 0.15) is 11.5 Å². The number of ether oxygens (including phenoxy) is 2. The molecule has 32 heavy (non-hydrogen) atoms. The molecule has 0 bridgehead atoms. The van der Waals surface area contributed by atoms with Crippen LogP contribution in [0.2, 0.25) is 0 Å². The van der Waals surface area contributed by atoms with Crippen molar-refractivity contribution < 1.29 is 19.1 Å². The average Bonchev–Trinajstić information content (AvgIpc) is 3.38. The van der Waals surface area contributed by atoms with E-state index in [-0.39, 0.29) is 17.9 Å². The Balaban J connectivity index is 1.25. The van der Waals surface area contributed by atoms with Gasteiger partial charge in [0.05, 0.1) is 13.0 Å². The summed E-state index contributed by atoms with van der Waals surface area (Å²) in [7, 11) is 1.62. The molecular weight excluding hydrogens is 408 g/mol. The molecule has 1 aromatic heterocycles. The summed E-state index contributed by atoms with van der Waals surface area (Å²) in [5.41, 5.74) is 0.890. The molecule has 2 fully saturated rings. The highest BCUT2D eigenvalue weighted by Gasteiger charge is 2.31. The van der Waals surface area contributed by atoms with Crippen molar-refractivity contribution in [1.82, 2.24) is 20.1 Å². The van der Waals surface area contributed by atoms with Gasteiger partial charge in [-0.1, -0.05) is 6.07 Å². The number of rotatable bonds is 6. The van der Waals surface area contributed by atoms with Crippen molar-refractivity contribution in [1.29, 1.82) is 0 Å². The predicted octanol–water partition coefficient (Wildman–Crippen LogP) is 3.43. The SMILES string of the molecule is COc1ccc(Oc2ccc(CNC(=O)C3CCCN(C(=O)N4CCCC4)C3)cn2)cc1. The molecule has 2 saturated heterocycles. The number of piperidine rings is 1. The number of likely N-dealkylation sites (tertiary alicyclic amines) is 2. The van der Waals surface area contributed by atoms with Gasteiger partial charge in [0, 0.05) is 45.0 Å². The van der Waals surface area contributed by atoms with Crippen molar-refractivity contribution in [3.05, 3.63) is 48.2 Å². The van der Waals surface area contributed by atoms with Crippen molar-refractivity contribution in [2.45, 2.75) is 32.2 Å². The zero-order valence-corrected chi connectivity index (χ0v) is 18.5. The van der Waals surface area contributed by atoms with E-state index in [9.17, 15) is 9.59 Å². The monoisotopic (exact) mass is 438 g/mol. The molecule has 3 heterocycles. The van der Waals surface area contributed by atoms with Gasteiger partial charge in [0.25, 0.3) is 0 Å². The molecule has 1 atom stereocenters. The van der Waals surface area contributed by atoms with E-state index in [0.717, 1.165) is 56.6 Å². The lowest BCUT2D eigenvalue weighted by atomic mass is 9.97. The van der Waals surface area contributed by atoms with Crippen LogP contribution in [0.25, 0.3) is 0 Å². The Hall–Kier alpha value is -3.29. The molecular formula is C24H30N4O4. The van der Waals surface area contributed by atoms with Crippen molar-refractivity contribution in [2.24, 2.45) is 5.92 Å². The Morgan fingerprint density at radius 1 is 1.00 bits per heavy atom. The number of urea groups is 1. The predicted molar refractivity (Wildman–Crippen MR) is 120 cm³/mol. The third kappa shape index (κ3) is 5.49. The Bertz CT molecular complexity index is 911. The van der Waals surface area contributed by atoms with E-state index < -0.39 is 0 Å². The highest BCUT2D eigenvalue weighted by atomic mass is 16.5. The van der Waals surface area contributed by atoms with Crippen LogP contribution < -0.4 is 14.8 Å². The zero-order chi connectivity index (χ0) is 22.3. The number of carbonyl (C=O) groups excluding carboxylic acids is 2. The molecule has 2 aromatic rings. The third-order valence-corrected chi connectivity index (χ3v) is 5.99. The summed E-state index contributed by atoms with van der Waals surface area (Å²) in [5, 5.41) is 2.99. The van der Waals surface area contributed by atoms with Gasteiger partial charge in [-0.25, -0.2) is 9.78 Å². The quantitative estimate of drug-likeness (QED) is 0.747. The van der Waals surface area contributed by atoms with E-state index >= 15 is 0 Å². The topological polar surface area (TPSA) is 84.0 Å². The highest BCUT2D eigenvalue weighted by molar-refractivity contribution is 5.81. The Morgan fingerprint density at radius 2 is 1.72 bits per heavy atom. The first-order chi connectivity index (χ1) is 15.6. The maximum atomic E-state index is 12.7. The molecule has 0 radical (unpaired) electrons. The van der Waals surface area contributed by atoms with Crippen LogP contribution >= 0.6 is 0 Å². The fourth-order valence-corrected chi connectivity index (χ4v) is 4.15. The Labute approximate surface area is 188 Å². The van der Waals surface area contributed by atoms with Gasteiger partial charge in [-0.3, -0.25) is 4.79 Å². The van der Waals surface area contributed by atoms with Crippen LogP contribution in [0.15, 0.2) is 42.6 Å². The van der Waals surface area contributed by atoms with E-state index in [1.54, 1.807) is 19.4 Å². The molecule has 0 saturated carbocycles. The minimum atomic E-state index is -0.166. The normalized spacial score (nSPS) is 18.3. The number of carbonyl (C=O) groups is 2. The van der Waals surface area contributed by atoms with Gasteiger partial charge in [-0.15, -0.1) is 0 Å². The standard InChI is InChI=1S/C24H30N4O4/c1-31-20-7-9-21(10-8-20)32-22-11-6-18(15-25-22)16-26-23(29)19-5-4-14-28(17-19)24(30)27-12-2-3-13-27/h6-11,15,19H,2-5,12-14,16-17H2,1H3,(H,26,29). The van der Waals surface area contributed by atoms with Crippen LogP contribution in [-0.2, 0) is 11.3 Å². The molecule has 1 aromatic carbocycles. The minimum Gasteiger partial charge on any atom is -0.497 e. The smallest absolute Gasteiger partial charge is 0.320 e. The maximum absolute atomic E-state index is 12.7. The molecule has 170 valence electrons. The van der Waals surface area contributed by atoms with E-state index in [0.29, 0.717) is 24.7 Å². The lowest BCUT2D eigenvalue weighted by Crippen LogP contribution is -2.49. The van der Waals surface area contributed by atoms with Gasteiger partial charge < -0.3 is 24.6 Å². The van der Waals surface area contributed by atoms with Crippen LogP contribution in [0.3, 0.4) is 0 Å². The molecule has 4 rings (SSSR count). The van der Waals surface area contributed by atoms with Crippen LogP contribution in [0.4, 0.5) is 4.79 Å². The molecule has 2 aliphatic heterocycles. The summed E-state index contributed by atoms with van der Waals surface area (Å²) >= 11 is 0. The first-order valence-electron chi connectivity index (χ1n) is 11.2. The summed E-state index contributed by atoms with van der Waals surface area (Å²) in [4.78, 5) is 33.4. The number of hydrogen-bond donors (Lipinski definition) is 1. The molecule has 3 amide bonds. The maximum Gasteiger partial charge on any atom is 0.320 e. The van der Waals surface area contributed by atoms with Gasteiger partial charge in [0.2, 0.25) is 11.8 Å². The van der Waals surface area contributed by atoms with E-state index in [2.05, 4.69) is 10.3 Å². The average molecular weight is 439 g/mol. The largest absolute Gasteiger partial charge is 0.497 e. The minimum absolute atomic E-state index is 0.0116. The third-order valence-electron chi connectivity index (χ3n) is 5.99. The lowest BCUT2D eigenvalue weighted by Gasteiger charge is -2.34. The van der Waals surface area contributed by atoms with Gasteiger partial charge in [0.15, 0.2) is 0 Å². The molecule has 1 N–H and O–H groups in total. The van der Waals surface area contributed by atoms with Crippen molar-refractivity contribution in [3.63, 3.8) is 0 Å². The highest BCUT2D eigenvalue weighted by Crippen LogP contribution is 2.23. The van der Waals surface area contributed by atoms with Crippen LogP contribution in [0.1, 0.15) is 31.2 Å². The number of benzene rings is 1. The molecule has 8 nitrogen and oxygen atoms in total. The molecule has 1 unspecified atom stereocenters. The lowest BCUT2D eigenvalue weighted by molar-refractivity contribution is -0.126. The first-order valence-corrected chi connectivity index (χ1v) is 11.2. The van der Waals surface area contributed by atoms with Gasteiger partial charge in [-0.05, 0) is 55.5 Å². The van der Waals surface area contributed by atoms with Gasteiger partial charge in [-0.2, -0.15) is 0 Å². The van der Waals surface area contributed by atoms with E-state index in [1.165, 1.54) is 0 Å². The van der Waals surface area contributed by atoms with Crippen molar-refractivity contribution in [2.75, 3.05) is 33.3 Å². The van der Waals surface area contributed by atoms with E-state index in [1.807, 2.05) is 40.1 Å². The van der Waals surface area contributed by atoms with Gasteiger partial charge >= 0.3 is 6.03 Å². The van der Waals surface area contributed by atoms with Crippen molar-refractivity contribution >= 4 is 11.9 Å². The Morgan fingerprint density at radius 3 is 2.41 bits per heavy atom. The van der Waals surface area contributed by atoms with Crippen LogP contribution in [0.5, 0.6) is 17.4 Å². The second-order valence-corrected chi connectivity index (χ2v) is 8.26. The summed E-state index contributed by atoms with van der Waals surface area (Å²) < 4.78 is 10.9. The number of pyridine rings is 1. The fourth-order valence-electron chi connectivity index (χ4n) is 4.15. The summed E-state index contributed by atoms with van der Waals surface area (Å²) in [6.07, 6.45) is 5.51. The Kier molecular flexibility index (Phi) is 7.09. The summed E-state index contributed by atoms with van der Waals surface area (Å²) in [5.74, 6) is 1.74. The second-order valence-electron chi connectivity index (χ2n) is 8.26. The second kappa shape index (κ2) is 10.3. The molecule has 2 aliphatic rings. The molecule has 8 heteroatoms. The number of amides is 3. The number of nitrogens with one attached hydrogen (secondary N) is 1. The van der Waals surface area contributed by atoms with Crippen LogP contribution in [0, 0.1) is 5.92 Å². The first kappa shape index (κ1) is 21.9. The number of hydrogen-bond acceptors (Lipinski definition) is 5. The van der Waals surface area contributed by atoms with E-state index in [4.69, 9.17) is 9.47 Å². The summed E-state index contributed by atoms with van der Waals surface area (Å²) in [6, 6.07) is 11.0. The van der Waals surface area contributed by atoms with Crippen molar-refractivity contribution in [3.8, 4) is 17.4 Å². The molecule has 0 aliphatic carbocycles.